The first-order chi connectivity index (χ1) is 7.56. The minimum Gasteiger partial charge on any atom is -0.739 e. The van der Waals surface area contributed by atoms with Crippen LogP contribution in [-0.2, 0) is 15.6 Å². The summed E-state index contributed by atoms with van der Waals surface area (Å²) in [4.78, 5) is 0. The van der Waals surface area contributed by atoms with Crippen molar-refractivity contribution in [3.05, 3.63) is 36.1 Å². The molecule has 1 aromatic heterocycles. The Balaban J connectivity index is 0.00000144. The Morgan fingerprint density at radius 3 is 2.71 bits per heavy atom. The van der Waals surface area contributed by atoms with Gasteiger partial charge >= 0.3 is 29.6 Å². The van der Waals surface area contributed by atoms with Gasteiger partial charge in [-0.25, -0.2) is 8.42 Å². The number of aryl methyl sites for hydroxylation is 1. The average Bonchev–Trinajstić information content (AvgIpc) is 2.60. The van der Waals surface area contributed by atoms with Crippen LogP contribution < -0.4 is 29.6 Å². The maximum absolute atomic E-state index is 10.4. The van der Waals surface area contributed by atoms with Crippen molar-refractivity contribution >= 4 is 30.9 Å². The summed E-state index contributed by atoms with van der Waals surface area (Å²) in [5.41, 5.74) is 1.69. The normalized spacial score (nSPS) is 11.4. The minimum absolute atomic E-state index is 0. The van der Waals surface area contributed by atoms with Gasteiger partial charge in [-0.05, 0) is 28.8 Å². The second-order valence-electron chi connectivity index (χ2n) is 3.24. The number of para-hydroxylation sites is 1. The molecule has 7 heteroatoms. The molecule has 0 saturated carbocycles. The van der Waals surface area contributed by atoms with Gasteiger partial charge in [-0.2, -0.15) is 0 Å². The fourth-order valence-corrected chi connectivity index (χ4v) is 2.85. The summed E-state index contributed by atoms with van der Waals surface area (Å²) in [5.74, 6) is 0.245. The monoisotopic (exact) mass is 280 g/mol. The van der Waals surface area contributed by atoms with E-state index < -0.39 is 9.15 Å². The van der Waals surface area contributed by atoms with Gasteiger partial charge in [0.1, 0.15) is 14.7 Å². The molecule has 0 radical (unpaired) electrons. The van der Waals surface area contributed by atoms with Crippen LogP contribution in [0.25, 0.3) is 11.0 Å². The van der Waals surface area contributed by atoms with Crippen molar-refractivity contribution in [1.29, 1.82) is 0 Å². The van der Waals surface area contributed by atoms with Gasteiger partial charge in [0.2, 0.25) is 0 Å². The standard InChI is InChI=1S/C10H10O4S2.Na/c11-16(12,13)15-6-5-8-7-14-10-4-2-1-3-9(8)10;/h1-4,7H,5-6H2,(H,11,12,13);/q;+1/p-1. The molecule has 0 aliphatic carbocycles. The van der Waals surface area contributed by atoms with Crippen molar-refractivity contribution in [2.45, 2.75) is 6.42 Å². The van der Waals surface area contributed by atoms with Crippen LogP contribution in [0.4, 0.5) is 0 Å². The Hall–Kier alpha value is 0.0200. The average molecular weight is 280 g/mol. The Labute approximate surface area is 125 Å². The zero-order valence-corrected chi connectivity index (χ0v) is 12.9. The van der Waals surface area contributed by atoms with Crippen molar-refractivity contribution < 1.29 is 46.9 Å². The van der Waals surface area contributed by atoms with Crippen molar-refractivity contribution in [3.63, 3.8) is 0 Å². The topological polar surface area (TPSA) is 70.3 Å². The van der Waals surface area contributed by atoms with E-state index in [1.807, 2.05) is 24.3 Å². The molecule has 0 fully saturated rings. The van der Waals surface area contributed by atoms with Crippen LogP contribution in [0, 0.1) is 0 Å². The molecular formula is C10H9NaO4S2. The van der Waals surface area contributed by atoms with Gasteiger partial charge in [-0.15, -0.1) is 0 Å². The molecular weight excluding hydrogens is 271 g/mol. The van der Waals surface area contributed by atoms with E-state index in [9.17, 15) is 13.0 Å². The summed E-state index contributed by atoms with van der Waals surface area (Å²) < 4.78 is 36.5. The molecule has 1 aromatic carbocycles. The Morgan fingerprint density at radius 2 is 2.00 bits per heavy atom. The van der Waals surface area contributed by atoms with Gasteiger partial charge in [-0.1, -0.05) is 18.2 Å². The maximum atomic E-state index is 10.4. The smallest absolute Gasteiger partial charge is 0.739 e. The zero-order chi connectivity index (χ0) is 11.6. The first-order valence-electron chi connectivity index (χ1n) is 4.61. The molecule has 0 spiro atoms. The number of fused-ring (bicyclic) bond motifs is 1. The molecule has 17 heavy (non-hydrogen) atoms. The van der Waals surface area contributed by atoms with E-state index in [0.717, 1.165) is 16.5 Å². The fourth-order valence-electron chi connectivity index (χ4n) is 1.48. The molecule has 0 atom stereocenters. The minimum atomic E-state index is -4.19. The third-order valence-corrected chi connectivity index (χ3v) is 4.19. The largest absolute Gasteiger partial charge is 1.00 e. The molecule has 1 heterocycles. The molecule has 0 unspecified atom stereocenters. The van der Waals surface area contributed by atoms with Crippen molar-refractivity contribution in [2.75, 3.05) is 5.75 Å². The Bertz CT molecular complexity index is 591. The molecule has 86 valence electrons. The van der Waals surface area contributed by atoms with Crippen molar-refractivity contribution in [3.8, 4) is 0 Å². The number of hydrogen-bond acceptors (Lipinski definition) is 5. The molecule has 2 aromatic rings. The summed E-state index contributed by atoms with van der Waals surface area (Å²) in [6, 6.07) is 7.51. The predicted octanol–water partition coefficient (Wildman–Crippen LogP) is -0.827. The van der Waals surface area contributed by atoms with Crippen LogP contribution >= 0.6 is 10.8 Å². The number of furan rings is 1. The second kappa shape index (κ2) is 6.26. The summed E-state index contributed by atoms with van der Waals surface area (Å²) in [5, 5.41) is 0.964. The van der Waals surface area contributed by atoms with E-state index in [-0.39, 0.29) is 35.3 Å². The van der Waals surface area contributed by atoms with Crippen LogP contribution in [0.2, 0.25) is 0 Å². The van der Waals surface area contributed by atoms with E-state index in [1.165, 1.54) is 0 Å². The van der Waals surface area contributed by atoms with Crippen molar-refractivity contribution in [2.24, 2.45) is 0 Å². The molecule has 4 nitrogen and oxygen atoms in total. The van der Waals surface area contributed by atoms with Crippen LogP contribution in [-0.4, -0.2) is 18.7 Å². The summed E-state index contributed by atoms with van der Waals surface area (Å²) in [7, 11) is -3.78. The zero-order valence-electron chi connectivity index (χ0n) is 9.25. The van der Waals surface area contributed by atoms with Crippen LogP contribution in [0.5, 0.6) is 0 Å². The SMILES string of the molecule is O=S(=O)([O-])SCCc1coc2ccccc12.[Na+]. The number of rotatable bonds is 4. The van der Waals surface area contributed by atoms with Crippen molar-refractivity contribution in [1.82, 2.24) is 0 Å². The molecule has 0 amide bonds. The van der Waals surface area contributed by atoms with E-state index in [1.54, 1.807) is 6.26 Å². The van der Waals surface area contributed by atoms with Gasteiger partial charge in [0.05, 0.1) is 6.26 Å². The molecule has 0 aliphatic heterocycles. The first kappa shape index (κ1) is 15.1. The Morgan fingerprint density at radius 1 is 1.29 bits per heavy atom. The van der Waals surface area contributed by atoms with Gasteiger partial charge in [0.25, 0.3) is 0 Å². The van der Waals surface area contributed by atoms with Gasteiger partial charge in [0.15, 0.2) is 0 Å². The number of hydrogen-bond donors (Lipinski definition) is 0. The molecule has 0 aliphatic rings. The fraction of sp³-hybridized carbons (Fsp3) is 0.200. The van der Waals surface area contributed by atoms with Crippen LogP contribution in [0.1, 0.15) is 5.56 Å². The Kier molecular flexibility index (Phi) is 5.56. The molecule has 0 saturated heterocycles. The van der Waals surface area contributed by atoms with E-state index in [4.69, 9.17) is 4.42 Å². The third-order valence-electron chi connectivity index (χ3n) is 2.16. The summed E-state index contributed by atoms with van der Waals surface area (Å²) in [6.45, 7) is 0. The first-order valence-corrected chi connectivity index (χ1v) is 7.53. The molecule has 0 bridgehead atoms. The quantitative estimate of drug-likeness (QED) is 0.415. The van der Waals surface area contributed by atoms with E-state index in [0.29, 0.717) is 17.2 Å². The van der Waals surface area contributed by atoms with E-state index in [2.05, 4.69) is 0 Å². The van der Waals surface area contributed by atoms with Gasteiger partial charge < -0.3 is 8.97 Å². The number of benzene rings is 1. The van der Waals surface area contributed by atoms with E-state index >= 15 is 0 Å². The van der Waals surface area contributed by atoms with Crippen LogP contribution in [0.3, 0.4) is 0 Å². The summed E-state index contributed by atoms with van der Waals surface area (Å²) >= 11 is 0. The molecule has 0 N–H and O–H groups in total. The van der Waals surface area contributed by atoms with Crippen LogP contribution in [0.15, 0.2) is 34.9 Å². The second-order valence-corrected chi connectivity index (χ2v) is 6.63. The van der Waals surface area contributed by atoms with Gasteiger partial charge in [-0.3, -0.25) is 0 Å². The third kappa shape index (κ3) is 4.31. The molecule has 2 rings (SSSR count). The maximum Gasteiger partial charge on any atom is 1.00 e. The van der Waals surface area contributed by atoms with Gasteiger partial charge in [0, 0.05) is 11.1 Å². The predicted molar refractivity (Wildman–Crippen MR) is 62.1 cm³/mol. The summed E-state index contributed by atoms with van der Waals surface area (Å²) in [6.07, 6.45) is 2.10.